The molecule has 1 aromatic carbocycles. The van der Waals surface area contributed by atoms with Gasteiger partial charge in [0.05, 0.1) is 37.8 Å². The summed E-state index contributed by atoms with van der Waals surface area (Å²) in [5, 5.41) is 11.3. The molecule has 0 bridgehead atoms. The van der Waals surface area contributed by atoms with Gasteiger partial charge < -0.3 is 15.4 Å². The van der Waals surface area contributed by atoms with Gasteiger partial charge in [-0.1, -0.05) is 30.3 Å². The summed E-state index contributed by atoms with van der Waals surface area (Å²) in [6.45, 7) is 4.18. The van der Waals surface area contributed by atoms with Gasteiger partial charge in [-0.3, -0.25) is 23.3 Å². The molecular formula is C21H23ClN5O6P. The Kier molecular flexibility index (Phi) is 6.09. The topological polar surface area (TPSA) is 155 Å². The number of nitrogens with zero attached hydrogens (tertiary/aromatic N) is 3. The minimum absolute atomic E-state index is 0.0396. The molecule has 0 amide bonds. The third-order valence-electron chi connectivity index (χ3n) is 6.14. The van der Waals surface area contributed by atoms with E-state index < -0.39 is 37.5 Å². The van der Waals surface area contributed by atoms with E-state index >= 15 is 0 Å². The second-order valence-electron chi connectivity index (χ2n) is 8.29. The van der Waals surface area contributed by atoms with Gasteiger partial charge in [-0.05, 0) is 29.7 Å². The van der Waals surface area contributed by atoms with Crippen molar-refractivity contribution in [1.82, 2.24) is 19.5 Å². The number of benzene rings is 1. The molecule has 3 heterocycles. The summed E-state index contributed by atoms with van der Waals surface area (Å²) >= 11 is 6.06. The molecule has 2 unspecified atom stereocenters. The van der Waals surface area contributed by atoms with E-state index in [1.54, 1.807) is 22.8 Å². The number of phosphoric ester groups is 1. The van der Waals surface area contributed by atoms with Crippen molar-refractivity contribution in [3.63, 3.8) is 0 Å². The lowest BCUT2D eigenvalue weighted by atomic mass is 10.0. The van der Waals surface area contributed by atoms with E-state index in [9.17, 15) is 14.5 Å². The van der Waals surface area contributed by atoms with Crippen molar-refractivity contribution in [1.29, 1.82) is 0 Å². The Bertz CT molecular complexity index is 1360. The summed E-state index contributed by atoms with van der Waals surface area (Å²) in [5.74, 6) is -0.589. The number of aromatic nitrogens is 4. The van der Waals surface area contributed by atoms with E-state index in [4.69, 9.17) is 30.9 Å². The second kappa shape index (κ2) is 8.92. The summed E-state index contributed by atoms with van der Waals surface area (Å²) in [4.78, 5) is 22.8. The Labute approximate surface area is 199 Å². The Morgan fingerprint density at radius 2 is 2.26 bits per heavy atom. The average molecular weight is 508 g/mol. The van der Waals surface area contributed by atoms with Crippen LogP contribution in [0.25, 0.3) is 11.2 Å². The molecule has 2 aliphatic rings. The number of nitrogens with one attached hydrogen (secondary N) is 1. The van der Waals surface area contributed by atoms with Crippen LogP contribution in [0.4, 0.5) is 5.95 Å². The SMILES string of the molecule is C=C1[C@@H](COP2(=O)OCCC(c3cccc(Cl)c3)O2)[C@H](O)C[C@H]1n1cnc2c(=O)[nH]c(N)nc21. The van der Waals surface area contributed by atoms with Gasteiger partial charge >= 0.3 is 7.82 Å². The molecule has 1 aliphatic heterocycles. The molecule has 1 saturated heterocycles. The molecule has 13 heteroatoms. The third-order valence-corrected chi connectivity index (χ3v) is 7.85. The number of hydrogen-bond acceptors (Lipinski definition) is 9. The smallest absolute Gasteiger partial charge is 0.392 e. The number of aliphatic hydroxyl groups excluding tert-OH is 1. The molecule has 1 saturated carbocycles. The number of aromatic amines is 1. The van der Waals surface area contributed by atoms with Gasteiger partial charge in [-0.2, -0.15) is 4.98 Å². The lowest BCUT2D eigenvalue weighted by Crippen LogP contribution is -2.22. The number of H-pyrrole nitrogens is 1. The first-order chi connectivity index (χ1) is 16.2. The van der Waals surface area contributed by atoms with E-state index in [0.717, 1.165) is 5.56 Å². The number of hydrogen-bond donors (Lipinski definition) is 3. The standard InChI is InChI=1S/C21H23ClN5O6P/c1-11-14(9-32-34(30)31-6-5-17(33-34)12-3-2-4-13(22)7-12)16(28)8-15(11)27-10-24-18-19(27)25-21(23)26-20(18)29/h2-4,7,10,14-17,28H,1,5-6,8-9H2,(H3,23,25,26,29)/t14-,15-,16-,17?,34?/m1/s1. The van der Waals surface area contributed by atoms with E-state index in [-0.39, 0.29) is 36.7 Å². The minimum Gasteiger partial charge on any atom is -0.392 e. The molecule has 0 radical (unpaired) electrons. The van der Waals surface area contributed by atoms with Crippen LogP contribution in [0.15, 0.2) is 47.5 Å². The van der Waals surface area contributed by atoms with Crippen LogP contribution in [-0.2, 0) is 18.1 Å². The summed E-state index contributed by atoms with van der Waals surface area (Å²) in [6.07, 6.45) is 0.911. The molecule has 4 N–H and O–H groups in total. The Morgan fingerprint density at radius 3 is 3.06 bits per heavy atom. The van der Waals surface area contributed by atoms with Crippen molar-refractivity contribution < 1.29 is 23.2 Å². The fourth-order valence-corrected chi connectivity index (χ4v) is 6.01. The number of halogens is 1. The molecule has 11 nitrogen and oxygen atoms in total. The van der Waals surface area contributed by atoms with Crippen molar-refractivity contribution in [2.75, 3.05) is 18.9 Å². The van der Waals surface area contributed by atoms with E-state index in [2.05, 4.69) is 21.5 Å². The van der Waals surface area contributed by atoms with Crippen molar-refractivity contribution in [3.05, 3.63) is 63.7 Å². The predicted octanol–water partition coefficient (Wildman–Crippen LogP) is 3.14. The highest BCUT2D eigenvalue weighted by Gasteiger charge is 2.42. The van der Waals surface area contributed by atoms with Crippen molar-refractivity contribution in [2.24, 2.45) is 5.92 Å². The normalized spacial score (nSPS) is 29.6. The first-order valence-electron chi connectivity index (χ1n) is 10.7. The lowest BCUT2D eigenvalue weighted by Gasteiger charge is -2.30. The van der Waals surface area contributed by atoms with Crippen LogP contribution in [0, 0.1) is 5.92 Å². The number of phosphoric acid groups is 1. The van der Waals surface area contributed by atoms with Crippen LogP contribution < -0.4 is 11.3 Å². The monoisotopic (exact) mass is 507 g/mol. The summed E-state index contributed by atoms with van der Waals surface area (Å²) in [5.41, 5.74) is 7.04. The van der Waals surface area contributed by atoms with Gasteiger partial charge in [0.15, 0.2) is 11.2 Å². The lowest BCUT2D eigenvalue weighted by molar-refractivity contribution is 0.0166. The highest BCUT2D eigenvalue weighted by molar-refractivity contribution is 7.48. The predicted molar refractivity (Wildman–Crippen MR) is 124 cm³/mol. The zero-order chi connectivity index (χ0) is 24.0. The van der Waals surface area contributed by atoms with Crippen LogP contribution in [0.1, 0.15) is 30.6 Å². The molecule has 1 aliphatic carbocycles. The van der Waals surface area contributed by atoms with Crippen molar-refractivity contribution in [3.8, 4) is 0 Å². The Morgan fingerprint density at radius 1 is 1.44 bits per heavy atom. The fraction of sp³-hybridized carbons (Fsp3) is 0.381. The van der Waals surface area contributed by atoms with Crippen LogP contribution in [-0.4, -0.2) is 43.9 Å². The fourth-order valence-electron chi connectivity index (χ4n) is 4.40. The molecule has 3 aromatic rings. The van der Waals surface area contributed by atoms with Crippen LogP contribution in [0.2, 0.25) is 5.02 Å². The minimum atomic E-state index is -3.88. The number of fused-ring (bicyclic) bond motifs is 1. The summed E-state index contributed by atoms with van der Waals surface area (Å²) in [6, 6.07) is 6.71. The first-order valence-corrected chi connectivity index (χ1v) is 12.5. The maximum Gasteiger partial charge on any atom is 0.475 e. The maximum atomic E-state index is 13.1. The third kappa shape index (κ3) is 4.31. The van der Waals surface area contributed by atoms with Crippen molar-refractivity contribution >= 4 is 36.5 Å². The maximum absolute atomic E-state index is 13.1. The van der Waals surface area contributed by atoms with Crippen LogP contribution >= 0.6 is 19.4 Å². The number of aliphatic hydroxyl groups is 1. The highest BCUT2D eigenvalue weighted by atomic mass is 35.5. The van der Waals surface area contributed by atoms with Gasteiger partial charge in [0.2, 0.25) is 5.95 Å². The highest BCUT2D eigenvalue weighted by Crippen LogP contribution is 2.58. The number of nitrogen functional groups attached to an aromatic ring is 1. The van der Waals surface area contributed by atoms with Gasteiger partial charge in [0.1, 0.15) is 0 Å². The van der Waals surface area contributed by atoms with E-state index in [1.807, 2.05) is 6.07 Å². The number of nitrogens with two attached hydrogens (primary N) is 1. The summed E-state index contributed by atoms with van der Waals surface area (Å²) in [7, 11) is -3.88. The molecular weight excluding hydrogens is 485 g/mol. The molecule has 34 heavy (non-hydrogen) atoms. The molecule has 5 atom stereocenters. The second-order valence-corrected chi connectivity index (χ2v) is 10.3. The molecule has 180 valence electrons. The van der Waals surface area contributed by atoms with Gasteiger partial charge in [-0.15, -0.1) is 0 Å². The van der Waals surface area contributed by atoms with E-state index in [1.165, 1.54) is 6.33 Å². The quantitative estimate of drug-likeness (QED) is 0.349. The van der Waals surface area contributed by atoms with Crippen molar-refractivity contribution in [2.45, 2.75) is 31.1 Å². The van der Waals surface area contributed by atoms with Gasteiger partial charge in [0, 0.05) is 17.4 Å². The Hall–Kier alpha value is -2.53. The Balaban J connectivity index is 1.30. The van der Waals surface area contributed by atoms with Gasteiger partial charge in [0.25, 0.3) is 5.56 Å². The largest absolute Gasteiger partial charge is 0.475 e. The van der Waals surface area contributed by atoms with Crippen LogP contribution in [0.3, 0.4) is 0 Å². The number of rotatable bonds is 5. The molecule has 5 rings (SSSR count). The average Bonchev–Trinajstić information content (AvgIpc) is 3.33. The number of imidazole rings is 1. The summed E-state index contributed by atoms with van der Waals surface area (Å²) < 4.78 is 31.4. The van der Waals surface area contributed by atoms with Gasteiger partial charge in [-0.25, -0.2) is 9.55 Å². The zero-order valence-electron chi connectivity index (χ0n) is 18.0. The van der Waals surface area contributed by atoms with E-state index in [0.29, 0.717) is 17.0 Å². The number of anilines is 1. The molecule has 2 fully saturated rings. The zero-order valence-corrected chi connectivity index (χ0v) is 19.6. The molecule has 0 spiro atoms. The first kappa shape index (κ1) is 23.2. The molecule has 2 aromatic heterocycles. The van der Waals surface area contributed by atoms with Crippen LogP contribution in [0.5, 0.6) is 0 Å².